The van der Waals surface area contributed by atoms with Crippen LogP contribution in [0.4, 0.5) is 0 Å². The highest BCUT2D eigenvalue weighted by atomic mass is 32.2. The monoisotopic (exact) mass is 2150 g/mol. The third-order valence-electron chi connectivity index (χ3n) is 23.1. The van der Waals surface area contributed by atoms with Crippen LogP contribution in [-0.2, 0) is 115 Å². The second-order valence-corrected chi connectivity index (χ2v) is 39.4. The number of thioether (sulfide) groups is 1. The fourth-order valence-electron chi connectivity index (χ4n) is 14.9. The first kappa shape index (κ1) is 131. The van der Waals surface area contributed by atoms with E-state index in [4.69, 9.17) is 28.3 Å². The van der Waals surface area contributed by atoms with Crippen molar-refractivity contribution in [3.8, 4) is 5.75 Å². The molecule has 35 N–H and O–H groups in total. The summed E-state index contributed by atoms with van der Waals surface area (Å²) < 4.78 is 0. The molecule has 0 saturated heterocycles. The van der Waals surface area contributed by atoms with Crippen LogP contribution in [0, 0.1) is 35.0 Å². The first-order valence-corrected chi connectivity index (χ1v) is 51.3. The summed E-state index contributed by atoms with van der Waals surface area (Å²) in [5.41, 5.74) is 23.9. The van der Waals surface area contributed by atoms with Crippen LogP contribution in [0.15, 0.2) is 84.9 Å². The number of carboxylic acids is 1. The summed E-state index contributed by atoms with van der Waals surface area (Å²) >= 11 is 5.41. The quantitative estimate of drug-likeness (QED) is 0.0108. The fraction of sp³-hybridized carbons (Fsp3) is 0.598. The lowest BCUT2D eigenvalue weighted by molar-refractivity contribution is -0.144. The van der Waals surface area contributed by atoms with Gasteiger partial charge in [0.15, 0.2) is 5.96 Å². The zero-order valence-electron chi connectivity index (χ0n) is 86.5. The second kappa shape index (κ2) is 68.3. The standard InChI is InChI=1S/C97H154N24O27S2/c1-49(2)36-63(83(134)107-61(27-21-34-103-97(101)102)81(132)115-70(45-123)90(141)112-68(41-57-28-30-58(127)31-29-57)89(140)121-78(54(11)126)95(146)117-72(47-125)96(147)148)105-75(129)43-104-93(144)76(52(7)8)119-91(142)71(46-124)116-82(133)62(32-35-150-12)108-84(135)65(38-51(5)6)114-94(145)77(53(9)10)120-88(139)67(40-56-24-17-14-18-25-56)111-86(137)66(39-55-22-15-13-16-23-55)110-80(131)60(26-19-20-33-98)106-87(138)69(42-74(100)128)113-85(136)64(37-50(3)4)109-92(143)73(48-149)118-79(130)59(99)44-122/h13-18,22-25,28-31,49-54,59-73,76-78,122-127,149H,19-21,26-27,32-48,98-99H2,1-12H3,(H2,100,128)(H,104,144)(H,105,129)(H,106,138)(H,107,134)(H,108,135)(H,109,143)(H,110,131)(H,111,137)(H,112,141)(H,113,136)(H,114,145)(H,115,132)(H,116,133)(H,117,146)(H,118,130)(H,119,142)(H,120,139)(H,121,140)(H,147,148)(H4,101,102,103)/t54-,59+,60+,61+,62+,63+,64+,65+,66+,67+,68+,69+,70+,71+,72+,73+,76+,77+,78+/m1/s1. The Morgan fingerprint density at radius 2 is 0.687 bits per heavy atom. The molecule has 150 heavy (non-hydrogen) atoms. The van der Waals surface area contributed by atoms with Gasteiger partial charge >= 0.3 is 5.97 Å². The number of aliphatic carboxylic acids is 1. The van der Waals surface area contributed by atoms with E-state index in [0.29, 0.717) is 17.5 Å². The number of carbonyl (C=O) groups excluding carboxylic acids is 19. The number of carbonyl (C=O) groups is 20. The lowest BCUT2D eigenvalue weighted by Crippen LogP contribution is -2.62. The third-order valence-corrected chi connectivity index (χ3v) is 24.1. The molecule has 0 bridgehead atoms. The maximum atomic E-state index is 15.1. The average molecular weight is 2150 g/mol. The van der Waals surface area contributed by atoms with Gasteiger partial charge in [0.2, 0.25) is 112 Å². The number of nitrogens with one attached hydrogen (secondary N) is 20. The number of aromatic hydroxyl groups is 1. The minimum atomic E-state index is -1.91. The molecule has 51 nitrogen and oxygen atoms in total. The first-order chi connectivity index (χ1) is 70.7. The van der Waals surface area contributed by atoms with Crippen LogP contribution in [0.25, 0.3) is 0 Å². The van der Waals surface area contributed by atoms with Crippen molar-refractivity contribution in [2.45, 2.75) is 274 Å². The Hall–Kier alpha value is -13.4. The molecule has 0 aliphatic carbocycles. The molecule has 0 spiro atoms. The predicted molar refractivity (Wildman–Crippen MR) is 554 cm³/mol. The summed E-state index contributed by atoms with van der Waals surface area (Å²) in [6, 6.07) is -6.78. The molecular weight excluding hydrogens is 2000 g/mol. The molecule has 0 fully saturated rings. The molecule has 0 aromatic heterocycles. The molecule has 0 unspecified atom stereocenters. The highest BCUT2D eigenvalue weighted by Gasteiger charge is 2.42. The summed E-state index contributed by atoms with van der Waals surface area (Å²) in [5, 5.41) is 125. The molecule has 3 aromatic carbocycles. The summed E-state index contributed by atoms with van der Waals surface area (Å²) in [6.07, 6.45) is -1.89. The van der Waals surface area contributed by atoms with Crippen molar-refractivity contribution in [2.24, 2.45) is 52.5 Å². The number of aliphatic hydroxyl groups is 5. The zero-order chi connectivity index (χ0) is 113. The maximum Gasteiger partial charge on any atom is 0.328 e. The number of benzene rings is 3. The van der Waals surface area contributed by atoms with Gasteiger partial charge in [0.05, 0.1) is 45.5 Å². The van der Waals surface area contributed by atoms with Crippen molar-refractivity contribution in [1.82, 2.24) is 101 Å². The van der Waals surface area contributed by atoms with E-state index < -0.39 is 297 Å². The lowest BCUT2D eigenvalue weighted by Gasteiger charge is -2.30. The van der Waals surface area contributed by atoms with Crippen LogP contribution in [0.2, 0.25) is 0 Å². The zero-order valence-corrected chi connectivity index (χ0v) is 88.2. The molecule has 3 aromatic rings. The number of hydrogen-bond donors (Lipinski definition) is 32. The number of nitrogens with two attached hydrogens (primary N) is 4. The van der Waals surface area contributed by atoms with Crippen molar-refractivity contribution in [3.05, 3.63) is 102 Å². The lowest BCUT2D eigenvalue weighted by atomic mass is 9.98. The van der Waals surface area contributed by atoms with Gasteiger partial charge in [-0.1, -0.05) is 142 Å². The van der Waals surface area contributed by atoms with E-state index in [0.717, 1.165) is 6.92 Å². The highest BCUT2D eigenvalue weighted by Crippen LogP contribution is 2.19. The first-order valence-electron chi connectivity index (χ1n) is 49.3. The van der Waals surface area contributed by atoms with Crippen molar-refractivity contribution in [2.75, 3.05) is 63.8 Å². The minimum Gasteiger partial charge on any atom is -0.508 e. The molecule has 19 amide bonds. The Labute approximate surface area is 880 Å². The van der Waals surface area contributed by atoms with Gasteiger partial charge < -0.3 is 160 Å². The molecule has 0 saturated carbocycles. The van der Waals surface area contributed by atoms with Crippen molar-refractivity contribution in [3.63, 3.8) is 0 Å². The Morgan fingerprint density at radius 1 is 0.360 bits per heavy atom. The van der Waals surface area contributed by atoms with Crippen molar-refractivity contribution in [1.29, 1.82) is 5.41 Å². The number of thiol groups is 1. The summed E-state index contributed by atoms with van der Waals surface area (Å²) in [7, 11) is 0. The van der Waals surface area contributed by atoms with E-state index in [2.05, 4.69) is 108 Å². The Balaban J connectivity index is 1.91. The van der Waals surface area contributed by atoms with Gasteiger partial charge in [-0.25, -0.2) is 4.79 Å². The number of phenols is 1. The SMILES string of the molecule is CSCC[C@H](NC(=O)[C@H](CC(C)C)NC(=O)[C@@H](NC(=O)[C@H](Cc1ccccc1)NC(=O)[C@H](Cc1ccccc1)NC(=O)[C@H](CCCCN)NC(=O)[C@H](CC(N)=O)NC(=O)[C@H](CC(C)C)NC(=O)[C@H](CS)NC(=O)[C@@H](N)CO)C(C)C)C(=O)N[C@@H](CO)C(=O)N[C@H](C(=O)NCC(=O)N[C@@H](CC(C)C)C(=O)N[C@@H](CCCNC(=N)N)C(=O)N[C@@H](CO)C(=O)N[C@@H](Cc1ccc(O)cc1)C(=O)N[C@H](C(=O)N[C@@H](CO)C(=O)O)[C@@H](C)O)C(C)C. The van der Waals surface area contributed by atoms with Crippen LogP contribution in [0.1, 0.15) is 157 Å². The average Bonchev–Trinajstić information content (AvgIpc) is 0.830. The number of carboxylic acid groups (broad SMARTS) is 1. The molecule has 0 heterocycles. The van der Waals surface area contributed by atoms with Gasteiger partial charge in [-0.2, -0.15) is 24.4 Å². The number of unbranched alkanes of at least 4 members (excludes halogenated alkanes) is 1. The van der Waals surface area contributed by atoms with Gasteiger partial charge in [-0.3, -0.25) is 96.5 Å². The third kappa shape index (κ3) is 48.0. The highest BCUT2D eigenvalue weighted by molar-refractivity contribution is 7.98. The van der Waals surface area contributed by atoms with E-state index in [9.17, 15) is 122 Å². The van der Waals surface area contributed by atoms with Crippen LogP contribution in [-0.4, -0.2) is 339 Å². The molecule has 836 valence electrons. The molecule has 0 aliphatic rings. The summed E-state index contributed by atoms with van der Waals surface area (Å²) in [6.45, 7) is 12.7. The molecule has 0 aliphatic heterocycles. The van der Waals surface area contributed by atoms with Crippen molar-refractivity contribution < 1.29 is 132 Å². The Kier molecular flexibility index (Phi) is 59.5. The van der Waals surface area contributed by atoms with Crippen LogP contribution in [0.3, 0.4) is 0 Å². The van der Waals surface area contributed by atoms with Crippen LogP contribution >= 0.6 is 24.4 Å². The topological polar surface area (TPSA) is 840 Å². The number of hydrogen-bond acceptors (Lipinski definition) is 31. The predicted octanol–water partition coefficient (Wildman–Crippen LogP) is -8.06. The molecule has 0 radical (unpaired) electrons. The van der Waals surface area contributed by atoms with Crippen molar-refractivity contribution >= 4 is 149 Å². The number of rotatable bonds is 70. The van der Waals surface area contributed by atoms with Gasteiger partial charge in [0.25, 0.3) is 0 Å². The largest absolute Gasteiger partial charge is 0.508 e. The number of amides is 19. The van der Waals surface area contributed by atoms with E-state index in [1.165, 1.54) is 49.9 Å². The van der Waals surface area contributed by atoms with E-state index in [1.54, 1.807) is 122 Å². The Bertz CT molecular complexity index is 4940. The number of primary amides is 1. The summed E-state index contributed by atoms with van der Waals surface area (Å²) in [4.78, 5) is 280. The summed E-state index contributed by atoms with van der Waals surface area (Å²) in [5.74, 6) is -24.3. The maximum absolute atomic E-state index is 15.1. The van der Waals surface area contributed by atoms with Gasteiger partial charge in [-0.15, -0.1) is 0 Å². The van der Waals surface area contributed by atoms with Gasteiger partial charge in [-0.05, 0) is 142 Å². The molecule has 3 rings (SSSR count). The number of aliphatic hydroxyl groups excluding tert-OH is 5. The molecule has 53 heteroatoms. The van der Waals surface area contributed by atoms with E-state index in [1.807, 2.05) is 5.32 Å². The number of phenolic OH excluding ortho intramolecular Hbond substituents is 1. The second-order valence-electron chi connectivity index (χ2n) is 38.0. The van der Waals surface area contributed by atoms with E-state index >= 15 is 9.59 Å². The van der Waals surface area contributed by atoms with Gasteiger partial charge in [0.1, 0.15) is 115 Å². The van der Waals surface area contributed by atoms with Crippen LogP contribution < -0.4 is 124 Å². The van der Waals surface area contributed by atoms with Crippen LogP contribution in [0.5, 0.6) is 5.75 Å². The minimum absolute atomic E-state index is 0.00493. The number of guanidine groups is 1. The smallest absolute Gasteiger partial charge is 0.328 e. The normalized spacial score (nSPS) is 15.1. The van der Waals surface area contributed by atoms with E-state index in [-0.39, 0.29) is 118 Å². The molecular formula is C97H154N24O27S2. The fourth-order valence-corrected chi connectivity index (χ4v) is 15.6. The van der Waals surface area contributed by atoms with Gasteiger partial charge in [0, 0.05) is 31.6 Å². The molecule has 19 atom stereocenters. The Morgan fingerprint density at radius 3 is 1.08 bits per heavy atom.